The molecule has 2 nitrogen and oxygen atoms in total. The van der Waals surface area contributed by atoms with E-state index < -0.39 is 0 Å². The molecule has 0 amide bonds. The molecule has 4 fully saturated rings. The number of nitrogens with zero attached hydrogens (tertiary/aromatic N) is 1. The molecule has 2 heteroatoms. The Kier molecular flexibility index (Phi) is 5.72. The van der Waals surface area contributed by atoms with Crippen LogP contribution in [0.2, 0.25) is 0 Å². The molecule has 6 unspecified atom stereocenters. The highest BCUT2D eigenvalue weighted by Gasteiger charge is 2.84. The zero-order chi connectivity index (χ0) is 33.6. The Hall–Kier alpha value is -4.30. The summed E-state index contributed by atoms with van der Waals surface area (Å²) in [4.78, 5) is 2.45. The number of benzene rings is 5. The van der Waals surface area contributed by atoms with Crippen molar-refractivity contribution in [1.82, 2.24) is 0 Å². The van der Waals surface area contributed by atoms with Crippen LogP contribution in [-0.4, -0.2) is 0 Å². The first-order valence-corrected chi connectivity index (χ1v) is 19.2. The first kappa shape index (κ1) is 29.4. The average Bonchev–Trinajstić information content (AvgIpc) is 3.66. The van der Waals surface area contributed by atoms with Gasteiger partial charge in [0.1, 0.15) is 11.5 Å². The maximum atomic E-state index is 6.76. The third kappa shape index (κ3) is 3.60. The van der Waals surface area contributed by atoms with Crippen molar-refractivity contribution in [2.75, 3.05) is 4.90 Å². The molecule has 4 saturated carbocycles. The van der Waals surface area contributed by atoms with Crippen molar-refractivity contribution in [1.29, 1.82) is 0 Å². The number of anilines is 3. The molecular formula is C48H47NO. The van der Waals surface area contributed by atoms with E-state index in [1.807, 2.05) is 0 Å². The van der Waals surface area contributed by atoms with Crippen molar-refractivity contribution in [2.24, 2.45) is 29.1 Å². The molecule has 6 atom stereocenters. The van der Waals surface area contributed by atoms with Crippen LogP contribution in [0.15, 0.2) is 115 Å². The van der Waals surface area contributed by atoms with Crippen LogP contribution < -0.4 is 9.64 Å². The molecule has 50 heavy (non-hydrogen) atoms. The van der Waals surface area contributed by atoms with Gasteiger partial charge in [-0.1, -0.05) is 94.4 Å². The van der Waals surface area contributed by atoms with Gasteiger partial charge in [0, 0.05) is 33.6 Å². The molecule has 1 heterocycles. The van der Waals surface area contributed by atoms with E-state index in [4.69, 9.17) is 4.74 Å². The number of para-hydroxylation sites is 2. The molecule has 5 aromatic carbocycles. The van der Waals surface area contributed by atoms with Gasteiger partial charge in [-0.2, -0.15) is 0 Å². The van der Waals surface area contributed by atoms with E-state index in [0.29, 0.717) is 5.41 Å². The standard InChI is InChI=1S/C48H47NO/c1-45(2)22-23-46(3,4)39-26-32(16-20-37(39)45)31-14-17-35(18-15-31)49(34-10-6-5-7-11-34)36-19-21-42-40(28-36)48(38-12-8-9-13-41(38)50-42)43-25-30-24-33-27-44(48)47(33,43)29-30/h5-21,26,28,30,33,43-44H,22-25,27,29H2,1-4H3. The van der Waals surface area contributed by atoms with Crippen LogP contribution in [-0.2, 0) is 16.2 Å². The number of rotatable bonds is 4. The lowest BCUT2D eigenvalue weighted by Gasteiger charge is -2.77. The minimum atomic E-state index is 0.0624. The summed E-state index contributed by atoms with van der Waals surface area (Å²) in [5.41, 5.74) is 13.1. The fourth-order valence-corrected chi connectivity index (χ4v) is 12.8. The van der Waals surface area contributed by atoms with Crippen molar-refractivity contribution in [2.45, 2.75) is 82.5 Å². The average molecular weight is 654 g/mol. The fraction of sp³-hybridized carbons (Fsp3) is 0.375. The lowest BCUT2D eigenvalue weighted by molar-refractivity contribution is -0.235. The third-order valence-corrected chi connectivity index (χ3v) is 15.1. The molecule has 1 aliphatic heterocycles. The third-order valence-electron chi connectivity index (χ3n) is 15.1. The number of hydrogen-bond acceptors (Lipinski definition) is 2. The molecular weight excluding hydrogens is 607 g/mol. The minimum absolute atomic E-state index is 0.0624. The molecule has 0 saturated heterocycles. The first-order valence-electron chi connectivity index (χ1n) is 19.2. The largest absolute Gasteiger partial charge is 0.457 e. The second kappa shape index (κ2) is 9.72. The molecule has 2 bridgehead atoms. The number of fused-ring (bicyclic) bond motifs is 8. The predicted molar refractivity (Wildman–Crippen MR) is 204 cm³/mol. The van der Waals surface area contributed by atoms with Crippen molar-refractivity contribution in [3.05, 3.63) is 138 Å². The van der Waals surface area contributed by atoms with Crippen LogP contribution in [0.5, 0.6) is 11.5 Å². The predicted octanol–water partition coefficient (Wildman–Crippen LogP) is 12.6. The van der Waals surface area contributed by atoms with E-state index in [0.717, 1.165) is 35.2 Å². The zero-order valence-electron chi connectivity index (χ0n) is 29.9. The smallest absolute Gasteiger partial charge is 0.131 e. The normalized spacial score (nSPS) is 31.0. The molecule has 5 aliphatic carbocycles. The maximum Gasteiger partial charge on any atom is 0.131 e. The zero-order valence-corrected chi connectivity index (χ0v) is 29.9. The molecule has 5 aromatic rings. The Morgan fingerprint density at radius 2 is 1.20 bits per heavy atom. The highest BCUT2D eigenvalue weighted by Crippen LogP contribution is 2.89. The highest BCUT2D eigenvalue weighted by atomic mass is 16.5. The van der Waals surface area contributed by atoms with Gasteiger partial charge >= 0.3 is 0 Å². The van der Waals surface area contributed by atoms with E-state index in [9.17, 15) is 0 Å². The van der Waals surface area contributed by atoms with Gasteiger partial charge in [0.15, 0.2) is 0 Å². The first-order chi connectivity index (χ1) is 24.2. The van der Waals surface area contributed by atoms with E-state index >= 15 is 0 Å². The molecule has 11 rings (SSSR count). The Bertz CT molecular complexity index is 2200. The monoisotopic (exact) mass is 653 g/mol. The summed E-state index contributed by atoms with van der Waals surface area (Å²) in [6, 6.07) is 43.5. The summed E-state index contributed by atoms with van der Waals surface area (Å²) in [5, 5.41) is 0. The lowest BCUT2D eigenvalue weighted by Crippen LogP contribution is -2.74. The Morgan fingerprint density at radius 3 is 2.00 bits per heavy atom. The summed E-state index contributed by atoms with van der Waals surface area (Å²) in [6.07, 6.45) is 8.17. The van der Waals surface area contributed by atoms with E-state index in [2.05, 4.69) is 148 Å². The van der Waals surface area contributed by atoms with Crippen LogP contribution in [0.1, 0.15) is 88.5 Å². The molecule has 0 aromatic heterocycles. The van der Waals surface area contributed by atoms with Gasteiger partial charge in [-0.15, -0.1) is 0 Å². The lowest BCUT2D eigenvalue weighted by atomic mass is 9.26. The van der Waals surface area contributed by atoms with Crippen molar-refractivity contribution >= 4 is 17.1 Å². The van der Waals surface area contributed by atoms with Crippen molar-refractivity contribution in [3.63, 3.8) is 0 Å². The maximum absolute atomic E-state index is 6.76. The minimum Gasteiger partial charge on any atom is -0.457 e. The van der Waals surface area contributed by atoms with Crippen LogP contribution in [0.3, 0.4) is 0 Å². The van der Waals surface area contributed by atoms with Crippen LogP contribution in [0.25, 0.3) is 11.1 Å². The van der Waals surface area contributed by atoms with Gasteiger partial charge in [-0.3, -0.25) is 0 Å². The van der Waals surface area contributed by atoms with Gasteiger partial charge in [0.05, 0.1) is 0 Å². The summed E-state index contributed by atoms with van der Waals surface area (Å²) in [5.74, 6) is 5.48. The Labute approximate surface area is 297 Å². The molecule has 0 N–H and O–H groups in total. The van der Waals surface area contributed by atoms with Gasteiger partial charge in [0.2, 0.25) is 0 Å². The summed E-state index contributed by atoms with van der Waals surface area (Å²) in [7, 11) is 0. The Morgan fingerprint density at radius 1 is 0.540 bits per heavy atom. The fourth-order valence-electron chi connectivity index (χ4n) is 12.8. The van der Waals surface area contributed by atoms with Crippen LogP contribution in [0.4, 0.5) is 17.1 Å². The van der Waals surface area contributed by atoms with Gasteiger partial charge in [-0.25, -0.2) is 0 Å². The van der Waals surface area contributed by atoms with E-state index in [-0.39, 0.29) is 16.2 Å². The second-order valence-corrected chi connectivity index (χ2v) is 18.1. The second-order valence-electron chi connectivity index (χ2n) is 18.1. The van der Waals surface area contributed by atoms with E-state index in [1.54, 1.807) is 0 Å². The van der Waals surface area contributed by atoms with Crippen molar-refractivity contribution in [3.8, 4) is 22.6 Å². The Balaban J connectivity index is 1.02. The van der Waals surface area contributed by atoms with Crippen LogP contribution >= 0.6 is 0 Å². The van der Waals surface area contributed by atoms with Crippen LogP contribution in [0, 0.1) is 29.1 Å². The summed E-state index contributed by atoms with van der Waals surface area (Å²) < 4.78 is 6.76. The summed E-state index contributed by atoms with van der Waals surface area (Å²) >= 11 is 0. The molecule has 2 spiro atoms. The molecule has 250 valence electrons. The topological polar surface area (TPSA) is 12.5 Å². The van der Waals surface area contributed by atoms with Crippen molar-refractivity contribution < 1.29 is 4.74 Å². The quantitative estimate of drug-likeness (QED) is 0.191. The summed E-state index contributed by atoms with van der Waals surface area (Å²) in [6.45, 7) is 9.65. The molecule has 6 aliphatic rings. The van der Waals surface area contributed by atoms with Gasteiger partial charge in [0.25, 0.3) is 0 Å². The van der Waals surface area contributed by atoms with Gasteiger partial charge in [-0.05, 0) is 149 Å². The SMILES string of the molecule is CC1(C)CCC(C)(C)c2cc(-c3ccc(N(c4ccccc4)c4ccc5c(c4)C4(c6ccccc6O5)C5CC6CC7CC4C75C6)cc3)ccc21. The highest BCUT2D eigenvalue weighted by molar-refractivity contribution is 5.80. The van der Waals surface area contributed by atoms with Gasteiger partial charge < -0.3 is 9.64 Å². The number of ether oxygens (including phenoxy) is 1. The van der Waals surface area contributed by atoms with E-state index in [1.165, 1.54) is 89.0 Å². The molecule has 0 radical (unpaired) electrons. The number of hydrogen-bond donors (Lipinski definition) is 0.